The van der Waals surface area contributed by atoms with E-state index in [-0.39, 0.29) is 22.9 Å². The molecule has 1 rings (SSSR count). The third-order valence-corrected chi connectivity index (χ3v) is 4.35. The first-order chi connectivity index (χ1) is 8.99. The Labute approximate surface area is 118 Å². The number of rotatable bonds is 5. The van der Waals surface area contributed by atoms with Crippen molar-refractivity contribution in [1.29, 1.82) is 0 Å². The second-order valence-electron chi connectivity index (χ2n) is 5.10. The molecule has 3 N–H and O–H groups in total. The van der Waals surface area contributed by atoms with E-state index >= 15 is 0 Å². The Hall–Kier alpha value is -1.38. The lowest BCUT2D eigenvalue weighted by Crippen LogP contribution is -2.39. The standard InChI is InChI=1S/C12H19FN2O4S/c1-12(2,16)7-15(3)20(17,18)8-5-9(13)11(19-4)10(14)6-8/h5-6,16H,7,14H2,1-4H3. The lowest BCUT2D eigenvalue weighted by atomic mass is 10.1. The lowest BCUT2D eigenvalue weighted by molar-refractivity contribution is 0.0640. The molecular formula is C12H19FN2O4S. The Morgan fingerprint density at radius 1 is 1.45 bits per heavy atom. The minimum absolute atomic E-state index is 0.109. The fraction of sp³-hybridized carbons (Fsp3) is 0.500. The van der Waals surface area contributed by atoms with E-state index in [0.717, 1.165) is 16.4 Å². The Kier molecular flexibility index (Phi) is 4.62. The van der Waals surface area contributed by atoms with Crippen LogP contribution in [0.5, 0.6) is 5.75 Å². The number of aliphatic hydroxyl groups is 1. The summed E-state index contributed by atoms with van der Waals surface area (Å²) in [6, 6.07) is 1.96. The minimum atomic E-state index is -3.94. The normalized spacial score (nSPS) is 12.8. The number of benzene rings is 1. The monoisotopic (exact) mass is 306 g/mol. The maximum atomic E-state index is 13.7. The molecule has 20 heavy (non-hydrogen) atoms. The summed E-state index contributed by atoms with van der Waals surface area (Å²) in [5, 5.41) is 9.66. The number of hydrogen-bond donors (Lipinski definition) is 2. The van der Waals surface area contributed by atoms with Crippen molar-refractivity contribution < 1.29 is 22.7 Å². The Balaban J connectivity index is 3.23. The summed E-state index contributed by atoms with van der Waals surface area (Å²) >= 11 is 0. The number of halogens is 1. The molecule has 0 radical (unpaired) electrons. The zero-order valence-electron chi connectivity index (χ0n) is 11.8. The molecule has 0 aliphatic rings. The van der Waals surface area contributed by atoms with Crippen LogP contribution in [0.15, 0.2) is 17.0 Å². The van der Waals surface area contributed by atoms with Gasteiger partial charge in [-0.05, 0) is 26.0 Å². The molecule has 0 amide bonds. The van der Waals surface area contributed by atoms with Crippen LogP contribution in [0.1, 0.15) is 13.8 Å². The van der Waals surface area contributed by atoms with Crippen LogP contribution in [0.25, 0.3) is 0 Å². The maximum Gasteiger partial charge on any atom is 0.243 e. The van der Waals surface area contributed by atoms with Gasteiger partial charge in [-0.15, -0.1) is 0 Å². The minimum Gasteiger partial charge on any atom is -0.492 e. The average Bonchev–Trinajstić information content (AvgIpc) is 2.26. The summed E-state index contributed by atoms with van der Waals surface area (Å²) in [5.41, 5.74) is 4.24. The molecule has 0 aliphatic carbocycles. The highest BCUT2D eigenvalue weighted by Gasteiger charge is 2.28. The molecule has 0 saturated heterocycles. The molecule has 0 heterocycles. The van der Waals surface area contributed by atoms with Crippen molar-refractivity contribution in [3.63, 3.8) is 0 Å². The first-order valence-electron chi connectivity index (χ1n) is 5.81. The molecule has 0 bridgehead atoms. The predicted octanol–water partition coefficient (Wildman–Crippen LogP) is 0.808. The number of ether oxygens (including phenoxy) is 1. The number of likely N-dealkylation sites (N-methyl/N-ethyl adjacent to an activating group) is 1. The number of sulfonamides is 1. The van der Waals surface area contributed by atoms with Crippen LogP contribution < -0.4 is 10.5 Å². The van der Waals surface area contributed by atoms with Crippen LogP contribution >= 0.6 is 0 Å². The predicted molar refractivity (Wildman–Crippen MR) is 73.5 cm³/mol. The molecule has 1 aromatic rings. The Morgan fingerprint density at radius 3 is 2.40 bits per heavy atom. The van der Waals surface area contributed by atoms with E-state index in [1.165, 1.54) is 28.0 Å². The van der Waals surface area contributed by atoms with Crippen LogP contribution in [-0.4, -0.2) is 44.1 Å². The maximum absolute atomic E-state index is 13.7. The zero-order valence-corrected chi connectivity index (χ0v) is 12.7. The van der Waals surface area contributed by atoms with E-state index in [1.54, 1.807) is 0 Å². The molecule has 0 aliphatic heterocycles. The zero-order chi connectivity index (χ0) is 15.7. The summed E-state index contributed by atoms with van der Waals surface area (Å²) in [6.07, 6.45) is 0. The highest BCUT2D eigenvalue weighted by Crippen LogP contribution is 2.29. The molecule has 0 atom stereocenters. The van der Waals surface area contributed by atoms with E-state index < -0.39 is 21.4 Å². The summed E-state index contributed by atoms with van der Waals surface area (Å²) in [5.74, 6) is -1.06. The smallest absolute Gasteiger partial charge is 0.243 e. The fourth-order valence-corrected chi connectivity index (χ4v) is 3.14. The third-order valence-electron chi connectivity index (χ3n) is 2.57. The van der Waals surface area contributed by atoms with Gasteiger partial charge in [0, 0.05) is 13.6 Å². The van der Waals surface area contributed by atoms with Crippen LogP contribution in [0, 0.1) is 5.82 Å². The molecule has 0 spiro atoms. The van der Waals surface area contributed by atoms with Gasteiger partial charge < -0.3 is 15.6 Å². The van der Waals surface area contributed by atoms with Gasteiger partial charge in [0.05, 0.1) is 23.3 Å². The average molecular weight is 306 g/mol. The van der Waals surface area contributed by atoms with E-state index in [9.17, 15) is 17.9 Å². The molecular weight excluding hydrogens is 287 g/mol. The number of anilines is 1. The second-order valence-corrected chi connectivity index (χ2v) is 7.15. The topological polar surface area (TPSA) is 92.9 Å². The molecule has 0 aromatic heterocycles. The second kappa shape index (κ2) is 5.55. The van der Waals surface area contributed by atoms with Crippen molar-refractivity contribution in [3.05, 3.63) is 17.9 Å². The molecule has 0 unspecified atom stereocenters. The largest absolute Gasteiger partial charge is 0.492 e. The van der Waals surface area contributed by atoms with E-state index in [1.807, 2.05) is 0 Å². The SMILES string of the molecule is COc1c(N)cc(S(=O)(=O)N(C)CC(C)(C)O)cc1F. The molecule has 1 aromatic carbocycles. The summed E-state index contributed by atoms with van der Waals surface area (Å²) in [6.45, 7) is 2.81. The van der Waals surface area contributed by atoms with Gasteiger partial charge in [0.15, 0.2) is 11.6 Å². The molecule has 114 valence electrons. The third kappa shape index (κ3) is 3.59. The lowest BCUT2D eigenvalue weighted by Gasteiger charge is -2.25. The Bertz CT molecular complexity index is 573. The van der Waals surface area contributed by atoms with Crippen molar-refractivity contribution >= 4 is 15.7 Å². The van der Waals surface area contributed by atoms with Crippen molar-refractivity contribution in [2.45, 2.75) is 24.3 Å². The van der Waals surface area contributed by atoms with Gasteiger partial charge in [-0.3, -0.25) is 0 Å². The first kappa shape index (κ1) is 16.7. The van der Waals surface area contributed by atoms with E-state index in [0.29, 0.717) is 0 Å². The van der Waals surface area contributed by atoms with Crippen molar-refractivity contribution in [2.75, 3.05) is 26.4 Å². The number of methoxy groups -OCH3 is 1. The van der Waals surface area contributed by atoms with Crippen molar-refractivity contribution in [2.24, 2.45) is 0 Å². The van der Waals surface area contributed by atoms with Crippen LogP contribution in [-0.2, 0) is 10.0 Å². The number of nitrogens with zero attached hydrogens (tertiary/aromatic N) is 1. The van der Waals surface area contributed by atoms with Gasteiger partial charge in [0.1, 0.15) is 0 Å². The van der Waals surface area contributed by atoms with Gasteiger partial charge in [-0.2, -0.15) is 4.31 Å². The summed E-state index contributed by atoms with van der Waals surface area (Å²) < 4.78 is 43.9. The van der Waals surface area contributed by atoms with Gasteiger partial charge >= 0.3 is 0 Å². The van der Waals surface area contributed by atoms with Crippen molar-refractivity contribution in [1.82, 2.24) is 4.31 Å². The molecule has 0 fully saturated rings. The van der Waals surface area contributed by atoms with E-state index in [4.69, 9.17) is 10.5 Å². The number of nitrogen functional groups attached to an aromatic ring is 1. The first-order valence-corrected chi connectivity index (χ1v) is 7.25. The number of hydrogen-bond acceptors (Lipinski definition) is 5. The summed E-state index contributed by atoms with van der Waals surface area (Å²) in [7, 11) is -1.41. The van der Waals surface area contributed by atoms with Crippen LogP contribution in [0.2, 0.25) is 0 Å². The van der Waals surface area contributed by atoms with Gasteiger partial charge in [0.25, 0.3) is 0 Å². The highest BCUT2D eigenvalue weighted by atomic mass is 32.2. The van der Waals surface area contributed by atoms with E-state index in [2.05, 4.69) is 0 Å². The molecule has 0 saturated carbocycles. The van der Waals surface area contributed by atoms with Gasteiger partial charge in [0.2, 0.25) is 10.0 Å². The number of nitrogens with two attached hydrogens (primary N) is 1. The quantitative estimate of drug-likeness (QED) is 0.785. The van der Waals surface area contributed by atoms with Gasteiger partial charge in [-0.25, -0.2) is 12.8 Å². The van der Waals surface area contributed by atoms with Gasteiger partial charge in [-0.1, -0.05) is 0 Å². The van der Waals surface area contributed by atoms with Crippen LogP contribution in [0.3, 0.4) is 0 Å². The van der Waals surface area contributed by atoms with Crippen LogP contribution in [0.4, 0.5) is 10.1 Å². The molecule has 6 nitrogen and oxygen atoms in total. The summed E-state index contributed by atoms with van der Waals surface area (Å²) in [4.78, 5) is -0.292. The Morgan fingerprint density at radius 2 is 2.00 bits per heavy atom. The molecule has 8 heteroatoms. The van der Waals surface area contributed by atoms with Crippen molar-refractivity contribution in [3.8, 4) is 5.75 Å². The highest BCUT2D eigenvalue weighted by molar-refractivity contribution is 7.89. The fourth-order valence-electron chi connectivity index (χ4n) is 1.76.